The number of fused-ring (bicyclic) bond motifs is 1. The molecular weight excluding hydrogens is 144 g/mol. The van der Waals surface area contributed by atoms with E-state index in [4.69, 9.17) is 0 Å². The Morgan fingerprint density at radius 2 is 2.08 bits per heavy atom. The summed E-state index contributed by atoms with van der Waals surface area (Å²) >= 11 is 0. The smallest absolute Gasteiger partial charge is 0.0159 e. The highest BCUT2D eigenvalue weighted by molar-refractivity contribution is 5.35. The normalized spacial score (nSPS) is 54.2. The zero-order valence-corrected chi connectivity index (χ0v) is 8.35. The van der Waals surface area contributed by atoms with E-state index in [9.17, 15) is 0 Å². The summed E-state index contributed by atoms with van der Waals surface area (Å²) < 4.78 is 0. The topological polar surface area (TPSA) is 0 Å². The van der Waals surface area contributed by atoms with Crippen LogP contribution >= 0.6 is 0 Å². The monoisotopic (exact) mass is 162 g/mol. The van der Waals surface area contributed by atoms with Gasteiger partial charge in [-0.1, -0.05) is 18.1 Å². The van der Waals surface area contributed by atoms with Crippen LogP contribution in [-0.2, 0) is 0 Å². The van der Waals surface area contributed by atoms with Gasteiger partial charge in [-0.05, 0) is 56.3 Å². The first-order valence-corrected chi connectivity index (χ1v) is 5.30. The first-order valence-electron chi connectivity index (χ1n) is 5.30. The molecule has 0 heterocycles. The molecule has 0 nitrogen and oxygen atoms in total. The van der Waals surface area contributed by atoms with Crippen molar-refractivity contribution in [2.45, 2.75) is 40.0 Å². The molecule has 0 radical (unpaired) electrons. The highest BCUT2D eigenvalue weighted by Gasteiger charge is 2.69. The van der Waals surface area contributed by atoms with Gasteiger partial charge in [0, 0.05) is 0 Å². The molecular formula is C12H18. The van der Waals surface area contributed by atoms with Crippen LogP contribution in [0.15, 0.2) is 11.1 Å². The molecule has 1 spiro atoms. The molecule has 0 saturated heterocycles. The van der Waals surface area contributed by atoms with Gasteiger partial charge in [0.25, 0.3) is 0 Å². The van der Waals surface area contributed by atoms with Crippen molar-refractivity contribution in [3.05, 3.63) is 11.1 Å². The van der Waals surface area contributed by atoms with Crippen molar-refractivity contribution in [3.8, 4) is 0 Å². The minimum absolute atomic E-state index is 0.844. The van der Waals surface area contributed by atoms with Gasteiger partial charge in [-0.25, -0.2) is 0 Å². The summed E-state index contributed by atoms with van der Waals surface area (Å²) in [6.07, 6.45) is 4.54. The van der Waals surface area contributed by atoms with Crippen LogP contribution in [-0.4, -0.2) is 0 Å². The predicted octanol–water partition coefficient (Wildman–Crippen LogP) is 3.39. The molecule has 4 unspecified atom stereocenters. The summed E-state index contributed by atoms with van der Waals surface area (Å²) in [6, 6.07) is 0. The quantitative estimate of drug-likeness (QED) is 0.479. The van der Waals surface area contributed by atoms with Crippen LogP contribution in [0.5, 0.6) is 0 Å². The van der Waals surface area contributed by atoms with Crippen LogP contribution in [0.2, 0.25) is 0 Å². The molecule has 0 aromatic carbocycles. The molecule has 0 aromatic rings. The van der Waals surface area contributed by atoms with Crippen molar-refractivity contribution in [2.24, 2.45) is 23.2 Å². The molecule has 4 rings (SSSR count). The standard InChI is InChI=1S/C12H18/c1-7(2)9-5-12-4-8(3)11(12)10(9)6-12/h8,10-11H,4-6H2,1-3H3. The predicted molar refractivity (Wildman–Crippen MR) is 50.8 cm³/mol. The first-order chi connectivity index (χ1) is 5.64. The lowest BCUT2D eigenvalue weighted by atomic mass is 9.43. The fourth-order valence-corrected chi connectivity index (χ4v) is 4.45. The molecule has 0 amide bonds. The van der Waals surface area contributed by atoms with E-state index in [2.05, 4.69) is 20.8 Å². The SMILES string of the molecule is CC(C)=C1CC23CC(C)C2C1C3. The highest BCUT2D eigenvalue weighted by atomic mass is 14.7. The Hall–Kier alpha value is -0.260. The Balaban J connectivity index is 1.97. The third kappa shape index (κ3) is 0.551. The average molecular weight is 162 g/mol. The molecule has 0 N–H and O–H groups in total. The molecule has 4 saturated carbocycles. The van der Waals surface area contributed by atoms with E-state index in [1.165, 1.54) is 12.8 Å². The molecule has 12 heavy (non-hydrogen) atoms. The van der Waals surface area contributed by atoms with E-state index in [1.807, 2.05) is 5.57 Å². The maximum atomic E-state index is 2.45. The summed E-state index contributed by atoms with van der Waals surface area (Å²) in [7, 11) is 0. The van der Waals surface area contributed by atoms with Gasteiger partial charge in [0.15, 0.2) is 0 Å². The summed E-state index contributed by atoms with van der Waals surface area (Å²) in [5, 5.41) is 0. The Kier molecular flexibility index (Phi) is 1.08. The van der Waals surface area contributed by atoms with Crippen molar-refractivity contribution >= 4 is 0 Å². The van der Waals surface area contributed by atoms with Gasteiger partial charge in [-0.15, -0.1) is 0 Å². The van der Waals surface area contributed by atoms with Crippen molar-refractivity contribution < 1.29 is 0 Å². The van der Waals surface area contributed by atoms with Gasteiger partial charge >= 0.3 is 0 Å². The number of hydrogen-bond acceptors (Lipinski definition) is 0. The lowest BCUT2D eigenvalue weighted by Gasteiger charge is -2.61. The molecule has 4 aliphatic rings. The van der Waals surface area contributed by atoms with Gasteiger partial charge in [-0.3, -0.25) is 0 Å². The van der Waals surface area contributed by atoms with Crippen molar-refractivity contribution in [2.75, 3.05) is 0 Å². The molecule has 4 fully saturated rings. The zero-order chi connectivity index (χ0) is 8.51. The lowest BCUT2D eigenvalue weighted by molar-refractivity contribution is -0.122. The maximum absolute atomic E-state index is 2.45. The van der Waals surface area contributed by atoms with Crippen molar-refractivity contribution in [3.63, 3.8) is 0 Å². The highest BCUT2D eigenvalue weighted by Crippen LogP contribution is 2.77. The molecule has 4 aliphatic carbocycles. The van der Waals surface area contributed by atoms with Crippen molar-refractivity contribution in [1.82, 2.24) is 0 Å². The van der Waals surface area contributed by atoms with Crippen LogP contribution < -0.4 is 0 Å². The van der Waals surface area contributed by atoms with Crippen LogP contribution in [0.3, 0.4) is 0 Å². The average Bonchev–Trinajstić information content (AvgIpc) is 2.38. The number of allylic oxidation sites excluding steroid dienone is 2. The van der Waals surface area contributed by atoms with Crippen molar-refractivity contribution in [1.29, 1.82) is 0 Å². The number of hydrogen-bond donors (Lipinski definition) is 0. The summed E-state index contributed by atoms with van der Waals surface area (Å²) in [4.78, 5) is 0. The fourth-order valence-electron chi connectivity index (χ4n) is 4.45. The first kappa shape index (κ1) is 7.17. The Morgan fingerprint density at radius 3 is 2.58 bits per heavy atom. The molecule has 2 bridgehead atoms. The Bertz CT molecular complexity index is 270. The summed E-state index contributed by atoms with van der Waals surface area (Å²) in [6.45, 7) is 7.05. The van der Waals surface area contributed by atoms with E-state index in [0.717, 1.165) is 23.2 Å². The third-order valence-electron chi connectivity index (χ3n) is 4.74. The molecule has 66 valence electrons. The van der Waals surface area contributed by atoms with E-state index < -0.39 is 0 Å². The van der Waals surface area contributed by atoms with Gasteiger partial charge < -0.3 is 0 Å². The summed E-state index contributed by atoms with van der Waals surface area (Å²) in [5.41, 5.74) is 4.30. The second kappa shape index (κ2) is 1.81. The minimum atomic E-state index is 0.844. The van der Waals surface area contributed by atoms with Gasteiger partial charge in [-0.2, -0.15) is 0 Å². The van der Waals surface area contributed by atoms with Crippen LogP contribution in [0.4, 0.5) is 0 Å². The largest absolute Gasteiger partial charge is 0.0769 e. The molecule has 4 atom stereocenters. The zero-order valence-electron chi connectivity index (χ0n) is 8.35. The van der Waals surface area contributed by atoms with Gasteiger partial charge in [0.2, 0.25) is 0 Å². The second-order valence-electron chi connectivity index (χ2n) is 5.58. The molecule has 0 aliphatic heterocycles. The Morgan fingerprint density at radius 1 is 1.33 bits per heavy atom. The van der Waals surface area contributed by atoms with E-state index in [1.54, 1.807) is 12.0 Å². The molecule has 0 heteroatoms. The second-order valence-corrected chi connectivity index (χ2v) is 5.58. The van der Waals surface area contributed by atoms with E-state index >= 15 is 0 Å². The summed E-state index contributed by atoms with van der Waals surface area (Å²) in [5.74, 6) is 3.18. The van der Waals surface area contributed by atoms with Gasteiger partial charge in [0.05, 0.1) is 0 Å². The Labute approximate surface area is 75.0 Å². The van der Waals surface area contributed by atoms with Gasteiger partial charge in [0.1, 0.15) is 0 Å². The van der Waals surface area contributed by atoms with Crippen LogP contribution in [0.1, 0.15) is 40.0 Å². The minimum Gasteiger partial charge on any atom is -0.0769 e. The molecule has 0 aromatic heterocycles. The van der Waals surface area contributed by atoms with Crippen LogP contribution in [0.25, 0.3) is 0 Å². The van der Waals surface area contributed by atoms with Crippen LogP contribution in [0, 0.1) is 23.2 Å². The number of rotatable bonds is 0. The maximum Gasteiger partial charge on any atom is -0.0159 e. The van der Waals surface area contributed by atoms with E-state index in [-0.39, 0.29) is 0 Å². The lowest BCUT2D eigenvalue weighted by Crippen LogP contribution is -2.54. The fraction of sp³-hybridized carbons (Fsp3) is 0.833. The van der Waals surface area contributed by atoms with E-state index in [0.29, 0.717) is 0 Å². The third-order valence-corrected chi connectivity index (χ3v) is 4.74.